The summed E-state index contributed by atoms with van der Waals surface area (Å²) < 4.78 is 13.2. The second kappa shape index (κ2) is 13.2. The van der Waals surface area contributed by atoms with Crippen LogP contribution < -0.4 is 14.8 Å². The number of rotatable bonds is 10. The highest BCUT2D eigenvalue weighted by atomic mass is 79.9. The Balaban J connectivity index is 1.26. The Morgan fingerprint density at radius 1 is 1.00 bits per heavy atom. The lowest BCUT2D eigenvalue weighted by atomic mass is 9.98. The molecule has 5 rings (SSSR count). The predicted octanol–water partition coefficient (Wildman–Crippen LogP) is 4.99. The van der Waals surface area contributed by atoms with E-state index in [1.807, 2.05) is 48.5 Å². The summed E-state index contributed by atoms with van der Waals surface area (Å²) in [7, 11) is 4.98. The van der Waals surface area contributed by atoms with E-state index in [0.29, 0.717) is 28.7 Å². The Labute approximate surface area is 256 Å². The summed E-state index contributed by atoms with van der Waals surface area (Å²) in [6.45, 7) is 0.181. The maximum absolute atomic E-state index is 13.5. The number of carbonyl (C=O) groups is 2. The number of nitrogens with one attached hydrogen (secondary N) is 1. The van der Waals surface area contributed by atoms with Gasteiger partial charge in [0.1, 0.15) is 11.5 Å². The van der Waals surface area contributed by atoms with Crippen LogP contribution in [-0.4, -0.2) is 57.3 Å². The van der Waals surface area contributed by atoms with E-state index in [-0.39, 0.29) is 30.2 Å². The first-order valence-corrected chi connectivity index (χ1v) is 14.9. The normalized spacial score (nSPS) is 14.4. The fourth-order valence-electron chi connectivity index (χ4n) is 4.49. The third kappa shape index (κ3) is 6.66. The van der Waals surface area contributed by atoms with Crippen molar-refractivity contribution in [3.8, 4) is 11.5 Å². The maximum atomic E-state index is 13.5. The van der Waals surface area contributed by atoms with Crippen LogP contribution in [0.2, 0.25) is 0 Å². The third-order valence-electron chi connectivity index (χ3n) is 6.83. The van der Waals surface area contributed by atoms with Crippen molar-refractivity contribution in [3.05, 3.63) is 99.8 Å². The minimum Gasteiger partial charge on any atom is -0.497 e. The van der Waals surface area contributed by atoms with Gasteiger partial charge < -0.3 is 19.4 Å². The average molecular weight is 650 g/mol. The molecule has 0 fully saturated rings. The number of amides is 2. The van der Waals surface area contributed by atoms with Gasteiger partial charge in [-0.05, 0) is 53.6 Å². The lowest BCUT2D eigenvalue weighted by Crippen LogP contribution is -2.28. The average Bonchev–Trinajstić information content (AvgIpc) is 3.63. The zero-order valence-electron chi connectivity index (χ0n) is 23.3. The Morgan fingerprint density at radius 2 is 1.74 bits per heavy atom. The van der Waals surface area contributed by atoms with Gasteiger partial charge in [0, 0.05) is 23.5 Å². The minimum absolute atomic E-state index is 0.117. The first kappa shape index (κ1) is 29.3. The number of aromatic nitrogens is 3. The Bertz CT molecular complexity index is 1610. The van der Waals surface area contributed by atoms with E-state index < -0.39 is 0 Å². The van der Waals surface area contributed by atoms with E-state index in [0.717, 1.165) is 27.1 Å². The standard InChI is InChI=1S/C30H29BrN6O4S/c1-36-27(17-32-29(39)21-5-4-6-24(15-21)41-3)33-34-30(36)42-18-28(38)37-26(20-9-13-23(40-2)14-10-20)16-25(35-37)19-7-11-22(31)12-8-19/h4-15,26H,16-18H2,1-3H3,(H,32,39)/t26-/m0/s1. The summed E-state index contributed by atoms with van der Waals surface area (Å²) in [5.41, 5.74) is 3.26. The molecule has 0 spiro atoms. The van der Waals surface area contributed by atoms with Crippen LogP contribution in [-0.2, 0) is 18.4 Å². The van der Waals surface area contributed by atoms with Crippen LogP contribution in [0.3, 0.4) is 0 Å². The number of carbonyl (C=O) groups excluding carboxylic acids is 2. The van der Waals surface area contributed by atoms with E-state index in [9.17, 15) is 9.59 Å². The van der Waals surface area contributed by atoms with Crippen LogP contribution in [0.4, 0.5) is 0 Å². The van der Waals surface area contributed by atoms with Crippen LogP contribution in [0.5, 0.6) is 11.5 Å². The number of methoxy groups -OCH3 is 2. The molecule has 0 aliphatic carbocycles. The number of thioether (sulfide) groups is 1. The highest BCUT2D eigenvalue weighted by Gasteiger charge is 2.33. The number of hydrogen-bond acceptors (Lipinski definition) is 8. The van der Waals surface area contributed by atoms with Crippen LogP contribution in [0, 0.1) is 0 Å². The van der Waals surface area contributed by atoms with Crippen molar-refractivity contribution in [2.24, 2.45) is 12.1 Å². The van der Waals surface area contributed by atoms with E-state index >= 15 is 0 Å². The molecule has 1 N–H and O–H groups in total. The highest BCUT2D eigenvalue weighted by Crippen LogP contribution is 2.34. The van der Waals surface area contributed by atoms with Crippen LogP contribution in [0.1, 0.15) is 39.8 Å². The Morgan fingerprint density at radius 3 is 2.45 bits per heavy atom. The third-order valence-corrected chi connectivity index (χ3v) is 8.37. The van der Waals surface area contributed by atoms with Crippen molar-refractivity contribution in [2.45, 2.75) is 24.2 Å². The van der Waals surface area contributed by atoms with Crippen molar-refractivity contribution in [1.29, 1.82) is 0 Å². The topological polar surface area (TPSA) is 111 Å². The lowest BCUT2D eigenvalue weighted by Gasteiger charge is -2.22. The van der Waals surface area contributed by atoms with Gasteiger partial charge in [-0.3, -0.25) is 9.59 Å². The second-order valence-corrected chi connectivity index (χ2v) is 11.3. The van der Waals surface area contributed by atoms with Crippen molar-refractivity contribution >= 4 is 45.2 Å². The number of halogens is 1. The van der Waals surface area contributed by atoms with Gasteiger partial charge in [-0.15, -0.1) is 10.2 Å². The van der Waals surface area contributed by atoms with Gasteiger partial charge in [-0.2, -0.15) is 5.10 Å². The van der Waals surface area contributed by atoms with Gasteiger partial charge in [-0.1, -0.05) is 58.0 Å². The summed E-state index contributed by atoms with van der Waals surface area (Å²) in [4.78, 5) is 26.1. The van der Waals surface area contributed by atoms with Crippen LogP contribution in [0.25, 0.3) is 0 Å². The molecule has 0 saturated carbocycles. The molecule has 3 aromatic carbocycles. The zero-order chi connectivity index (χ0) is 29.6. The van der Waals surface area contributed by atoms with Gasteiger partial charge in [0.2, 0.25) is 0 Å². The Hall–Kier alpha value is -4.16. The maximum Gasteiger partial charge on any atom is 0.253 e. The first-order valence-electron chi connectivity index (χ1n) is 13.1. The molecule has 216 valence electrons. The van der Waals surface area contributed by atoms with E-state index in [1.54, 1.807) is 55.1 Å². The van der Waals surface area contributed by atoms with Gasteiger partial charge in [-0.25, -0.2) is 5.01 Å². The van der Waals surface area contributed by atoms with Gasteiger partial charge in [0.05, 0.1) is 38.3 Å². The monoisotopic (exact) mass is 648 g/mol. The molecule has 1 aliphatic heterocycles. The number of nitrogens with zero attached hydrogens (tertiary/aromatic N) is 5. The van der Waals surface area contributed by atoms with E-state index in [4.69, 9.17) is 14.6 Å². The molecule has 2 amide bonds. The fourth-order valence-corrected chi connectivity index (χ4v) is 5.53. The highest BCUT2D eigenvalue weighted by molar-refractivity contribution is 9.10. The van der Waals surface area contributed by atoms with Gasteiger partial charge >= 0.3 is 0 Å². The molecule has 12 heteroatoms. The second-order valence-electron chi connectivity index (χ2n) is 9.45. The lowest BCUT2D eigenvalue weighted by molar-refractivity contribution is -0.130. The minimum atomic E-state index is -0.251. The molecule has 42 heavy (non-hydrogen) atoms. The fraction of sp³-hybridized carbons (Fsp3) is 0.233. The van der Waals surface area contributed by atoms with E-state index in [1.165, 1.54) is 11.8 Å². The summed E-state index contributed by atoms with van der Waals surface area (Å²) in [5, 5.41) is 18.2. The number of hydrazone groups is 1. The summed E-state index contributed by atoms with van der Waals surface area (Å²) >= 11 is 4.75. The van der Waals surface area contributed by atoms with Crippen molar-refractivity contribution in [2.75, 3.05) is 20.0 Å². The molecule has 1 aliphatic rings. The smallest absolute Gasteiger partial charge is 0.253 e. The number of benzene rings is 3. The molecule has 0 unspecified atom stereocenters. The van der Waals surface area contributed by atoms with Gasteiger partial charge in [0.15, 0.2) is 11.0 Å². The SMILES string of the molecule is COc1ccc([C@@H]2CC(c3ccc(Br)cc3)=NN2C(=O)CSc2nnc(CNC(=O)c3cccc(OC)c3)n2C)cc1. The number of hydrogen-bond donors (Lipinski definition) is 1. The van der Waals surface area contributed by atoms with E-state index in [2.05, 4.69) is 31.4 Å². The molecule has 1 atom stereocenters. The molecule has 1 aromatic heterocycles. The molecule has 2 heterocycles. The van der Waals surface area contributed by atoms with Gasteiger partial charge in [0.25, 0.3) is 11.8 Å². The van der Waals surface area contributed by atoms with Crippen LogP contribution >= 0.6 is 27.7 Å². The molecule has 0 saturated heterocycles. The molecule has 10 nitrogen and oxygen atoms in total. The largest absolute Gasteiger partial charge is 0.497 e. The molecule has 0 radical (unpaired) electrons. The first-order chi connectivity index (χ1) is 20.4. The predicted molar refractivity (Wildman–Crippen MR) is 164 cm³/mol. The summed E-state index contributed by atoms with van der Waals surface area (Å²) in [6.07, 6.45) is 0.589. The van der Waals surface area contributed by atoms with Crippen molar-refractivity contribution < 1.29 is 19.1 Å². The van der Waals surface area contributed by atoms with Crippen molar-refractivity contribution in [1.82, 2.24) is 25.1 Å². The summed E-state index contributed by atoms with van der Waals surface area (Å²) in [5.74, 6) is 1.63. The quantitative estimate of drug-likeness (QED) is 0.241. The molecular weight excluding hydrogens is 620 g/mol. The Kier molecular flexibility index (Phi) is 9.23. The zero-order valence-corrected chi connectivity index (χ0v) is 25.7. The number of ether oxygens (including phenoxy) is 2. The molecule has 0 bridgehead atoms. The molecular formula is C30H29BrN6O4S. The summed E-state index contributed by atoms with van der Waals surface area (Å²) in [6, 6.07) is 22.3. The molecule has 4 aromatic rings. The van der Waals surface area contributed by atoms with Crippen LogP contribution in [0.15, 0.2) is 87.5 Å². The van der Waals surface area contributed by atoms with Crippen molar-refractivity contribution in [3.63, 3.8) is 0 Å².